The van der Waals surface area contributed by atoms with E-state index in [4.69, 9.17) is 27.9 Å². The molecule has 0 unspecified atom stereocenters. The van der Waals surface area contributed by atoms with Crippen LogP contribution in [0.15, 0.2) is 18.2 Å². The molecule has 1 aromatic heterocycles. The van der Waals surface area contributed by atoms with E-state index >= 15 is 0 Å². The van der Waals surface area contributed by atoms with Crippen molar-refractivity contribution < 1.29 is 14.3 Å². The van der Waals surface area contributed by atoms with Crippen LogP contribution in [-0.2, 0) is 4.79 Å². The van der Waals surface area contributed by atoms with Crippen molar-refractivity contribution in [3.05, 3.63) is 39.6 Å². The lowest BCUT2D eigenvalue weighted by Crippen LogP contribution is -2.14. The highest BCUT2D eigenvalue weighted by Gasteiger charge is 2.19. The monoisotopic (exact) mass is 355 g/mol. The predicted molar refractivity (Wildman–Crippen MR) is 90.8 cm³/mol. The standard InChI is InChI=1S/C15H15Cl2N3O3/c1-7-12(16)13(17)14(18-7)15(22)20-10-5-4-9(19-8(2)21)6-11(10)23-3/h4-6,18H,1-3H3,(H,19,21)(H,20,22). The van der Waals surface area contributed by atoms with Gasteiger partial charge in [0.1, 0.15) is 11.4 Å². The van der Waals surface area contributed by atoms with Crippen LogP contribution in [0, 0.1) is 6.92 Å². The summed E-state index contributed by atoms with van der Waals surface area (Å²) < 4.78 is 5.23. The molecule has 1 aromatic carbocycles. The first-order valence-corrected chi connectivity index (χ1v) is 7.39. The molecule has 122 valence electrons. The molecule has 0 fully saturated rings. The number of carbonyl (C=O) groups is 2. The van der Waals surface area contributed by atoms with Gasteiger partial charge in [0, 0.05) is 24.4 Å². The molecular weight excluding hydrogens is 341 g/mol. The second-order valence-electron chi connectivity index (χ2n) is 4.80. The van der Waals surface area contributed by atoms with Crippen molar-refractivity contribution in [3.63, 3.8) is 0 Å². The Balaban J connectivity index is 2.26. The highest BCUT2D eigenvalue weighted by molar-refractivity contribution is 6.44. The van der Waals surface area contributed by atoms with Crippen molar-refractivity contribution in [2.45, 2.75) is 13.8 Å². The minimum absolute atomic E-state index is 0.163. The van der Waals surface area contributed by atoms with Gasteiger partial charge in [0.15, 0.2) is 0 Å². The molecule has 2 rings (SSSR count). The van der Waals surface area contributed by atoms with Crippen LogP contribution in [0.5, 0.6) is 5.75 Å². The number of benzene rings is 1. The number of aryl methyl sites for hydroxylation is 1. The molecule has 0 aliphatic rings. The normalized spacial score (nSPS) is 10.3. The Morgan fingerprint density at radius 1 is 1.17 bits per heavy atom. The number of hydrogen-bond donors (Lipinski definition) is 3. The lowest BCUT2D eigenvalue weighted by atomic mass is 10.2. The summed E-state index contributed by atoms with van der Waals surface area (Å²) in [4.78, 5) is 26.2. The van der Waals surface area contributed by atoms with Crippen LogP contribution in [0.4, 0.5) is 11.4 Å². The van der Waals surface area contributed by atoms with Crippen LogP contribution >= 0.6 is 23.2 Å². The molecule has 0 atom stereocenters. The molecule has 2 aromatic rings. The zero-order valence-electron chi connectivity index (χ0n) is 12.7. The number of H-pyrrole nitrogens is 1. The Kier molecular flexibility index (Phi) is 5.18. The maximum absolute atomic E-state index is 12.3. The molecule has 0 saturated carbocycles. The van der Waals surface area contributed by atoms with Gasteiger partial charge in [-0.1, -0.05) is 23.2 Å². The van der Waals surface area contributed by atoms with Gasteiger partial charge in [-0.05, 0) is 19.1 Å². The molecule has 0 bridgehead atoms. The van der Waals surface area contributed by atoms with Gasteiger partial charge in [-0.3, -0.25) is 9.59 Å². The van der Waals surface area contributed by atoms with Crippen molar-refractivity contribution in [3.8, 4) is 5.75 Å². The molecule has 0 saturated heterocycles. The topological polar surface area (TPSA) is 83.2 Å². The number of ether oxygens (including phenoxy) is 1. The smallest absolute Gasteiger partial charge is 0.273 e. The number of methoxy groups -OCH3 is 1. The van der Waals surface area contributed by atoms with Crippen LogP contribution in [0.1, 0.15) is 23.1 Å². The largest absolute Gasteiger partial charge is 0.494 e. The first-order valence-electron chi connectivity index (χ1n) is 6.64. The predicted octanol–water partition coefficient (Wildman–Crippen LogP) is 3.85. The van der Waals surface area contributed by atoms with E-state index in [2.05, 4.69) is 15.6 Å². The van der Waals surface area contributed by atoms with Crippen LogP contribution < -0.4 is 15.4 Å². The highest BCUT2D eigenvalue weighted by Crippen LogP contribution is 2.32. The number of nitrogens with one attached hydrogen (secondary N) is 3. The van der Waals surface area contributed by atoms with E-state index < -0.39 is 5.91 Å². The molecule has 6 nitrogen and oxygen atoms in total. The van der Waals surface area contributed by atoms with Gasteiger partial charge in [0.2, 0.25) is 5.91 Å². The van der Waals surface area contributed by atoms with Crippen molar-refractivity contribution in [2.24, 2.45) is 0 Å². The lowest BCUT2D eigenvalue weighted by Gasteiger charge is -2.12. The number of amides is 2. The van der Waals surface area contributed by atoms with Gasteiger partial charge < -0.3 is 20.4 Å². The second-order valence-corrected chi connectivity index (χ2v) is 5.56. The molecule has 3 N–H and O–H groups in total. The maximum atomic E-state index is 12.3. The fourth-order valence-electron chi connectivity index (χ4n) is 1.99. The summed E-state index contributed by atoms with van der Waals surface area (Å²) in [7, 11) is 1.46. The van der Waals surface area contributed by atoms with Crippen LogP contribution in [0.25, 0.3) is 0 Å². The Bertz CT molecular complexity index is 772. The number of hydrogen-bond acceptors (Lipinski definition) is 3. The Labute approximate surface area is 143 Å². The van der Waals surface area contributed by atoms with Gasteiger partial charge in [-0.25, -0.2) is 0 Å². The molecule has 23 heavy (non-hydrogen) atoms. The summed E-state index contributed by atoms with van der Waals surface area (Å²) >= 11 is 12.0. The molecule has 1 heterocycles. The third kappa shape index (κ3) is 3.78. The van der Waals surface area contributed by atoms with Crippen LogP contribution in [0.3, 0.4) is 0 Å². The maximum Gasteiger partial charge on any atom is 0.273 e. The van der Waals surface area contributed by atoms with E-state index in [0.29, 0.717) is 27.8 Å². The number of aromatic amines is 1. The molecule has 8 heteroatoms. The number of aromatic nitrogens is 1. The fourth-order valence-corrected chi connectivity index (χ4v) is 2.40. The van der Waals surface area contributed by atoms with Gasteiger partial charge in [-0.2, -0.15) is 0 Å². The molecular formula is C15H15Cl2N3O3. The van der Waals surface area contributed by atoms with E-state index in [-0.39, 0.29) is 16.6 Å². The SMILES string of the molecule is COc1cc(NC(C)=O)ccc1NC(=O)c1[nH]c(C)c(Cl)c1Cl. The summed E-state index contributed by atoms with van der Waals surface area (Å²) in [5.41, 5.74) is 1.77. The summed E-state index contributed by atoms with van der Waals surface area (Å²) in [6.07, 6.45) is 0. The Hall–Kier alpha value is -2.18. The Morgan fingerprint density at radius 3 is 2.39 bits per heavy atom. The minimum atomic E-state index is -0.449. The van der Waals surface area contributed by atoms with E-state index in [9.17, 15) is 9.59 Å². The Morgan fingerprint density at radius 2 is 1.87 bits per heavy atom. The molecule has 0 aliphatic carbocycles. The van der Waals surface area contributed by atoms with E-state index in [1.807, 2.05) is 0 Å². The number of carbonyl (C=O) groups excluding carboxylic acids is 2. The quantitative estimate of drug-likeness (QED) is 0.778. The van der Waals surface area contributed by atoms with Crippen LogP contribution in [-0.4, -0.2) is 23.9 Å². The summed E-state index contributed by atoms with van der Waals surface area (Å²) in [6, 6.07) is 4.87. The number of rotatable bonds is 4. The second kappa shape index (κ2) is 6.93. The summed E-state index contributed by atoms with van der Waals surface area (Å²) in [6.45, 7) is 3.12. The minimum Gasteiger partial charge on any atom is -0.494 e. The zero-order valence-corrected chi connectivity index (χ0v) is 14.2. The molecule has 2 amide bonds. The first-order chi connectivity index (χ1) is 10.8. The lowest BCUT2D eigenvalue weighted by molar-refractivity contribution is -0.114. The molecule has 0 spiro atoms. The van der Waals surface area contributed by atoms with Gasteiger partial charge >= 0.3 is 0 Å². The van der Waals surface area contributed by atoms with Crippen molar-refractivity contribution >= 4 is 46.4 Å². The number of anilines is 2. The summed E-state index contributed by atoms with van der Waals surface area (Å²) in [5, 5.41) is 5.80. The first kappa shape index (κ1) is 17.2. The van der Waals surface area contributed by atoms with Gasteiger partial charge in [0.05, 0.1) is 22.8 Å². The fraction of sp³-hybridized carbons (Fsp3) is 0.200. The summed E-state index contributed by atoms with van der Waals surface area (Å²) in [5.74, 6) is -0.252. The number of halogens is 2. The van der Waals surface area contributed by atoms with Gasteiger partial charge in [0.25, 0.3) is 5.91 Å². The molecule has 0 radical (unpaired) electrons. The molecule has 0 aliphatic heterocycles. The third-order valence-electron chi connectivity index (χ3n) is 3.05. The van der Waals surface area contributed by atoms with E-state index in [1.165, 1.54) is 14.0 Å². The average Bonchev–Trinajstić information content (AvgIpc) is 2.75. The highest BCUT2D eigenvalue weighted by atomic mass is 35.5. The third-order valence-corrected chi connectivity index (χ3v) is 4.00. The van der Waals surface area contributed by atoms with Crippen LogP contribution in [0.2, 0.25) is 10.0 Å². The average molecular weight is 356 g/mol. The van der Waals surface area contributed by atoms with Crippen molar-refractivity contribution in [1.29, 1.82) is 0 Å². The van der Waals surface area contributed by atoms with E-state index in [1.54, 1.807) is 25.1 Å². The van der Waals surface area contributed by atoms with Crippen molar-refractivity contribution in [2.75, 3.05) is 17.7 Å². The zero-order chi connectivity index (χ0) is 17.1. The van der Waals surface area contributed by atoms with E-state index in [0.717, 1.165) is 0 Å². The van der Waals surface area contributed by atoms with Crippen molar-refractivity contribution in [1.82, 2.24) is 4.98 Å². The van der Waals surface area contributed by atoms with Gasteiger partial charge in [-0.15, -0.1) is 0 Å².